The Hall–Kier alpha value is -2.59. The van der Waals surface area contributed by atoms with E-state index in [0.29, 0.717) is 11.4 Å². The Bertz CT molecular complexity index is 691. The van der Waals surface area contributed by atoms with Crippen molar-refractivity contribution in [2.45, 2.75) is 6.42 Å². The number of ether oxygens (including phenoxy) is 1. The van der Waals surface area contributed by atoms with Gasteiger partial charge >= 0.3 is 0 Å². The number of benzene rings is 1. The van der Waals surface area contributed by atoms with Crippen LogP contribution in [0, 0.1) is 11.3 Å². The maximum atomic E-state index is 11.6. The van der Waals surface area contributed by atoms with Gasteiger partial charge in [0.1, 0.15) is 12.2 Å². The number of hydrogen-bond donors (Lipinski definition) is 2. The summed E-state index contributed by atoms with van der Waals surface area (Å²) < 4.78 is 5.21. The zero-order chi connectivity index (χ0) is 15.2. The number of methoxy groups -OCH3 is 1. The van der Waals surface area contributed by atoms with Crippen molar-refractivity contribution in [1.29, 1.82) is 5.26 Å². The first kappa shape index (κ1) is 14.8. The Morgan fingerprint density at radius 1 is 1.52 bits per heavy atom. The Balaban J connectivity index is 2.32. The van der Waals surface area contributed by atoms with Crippen LogP contribution >= 0.6 is 11.3 Å². The van der Waals surface area contributed by atoms with Crippen molar-refractivity contribution in [2.24, 2.45) is 0 Å². The van der Waals surface area contributed by atoms with Crippen LogP contribution in [-0.4, -0.2) is 25.0 Å². The summed E-state index contributed by atoms with van der Waals surface area (Å²) in [6.45, 7) is 0. The zero-order valence-corrected chi connectivity index (χ0v) is 12.5. The van der Waals surface area contributed by atoms with E-state index in [1.807, 2.05) is 24.6 Å². The molecule has 0 bridgehead atoms. The molecule has 21 heavy (non-hydrogen) atoms. The van der Waals surface area contributed by atoms with E-state index in [4.69, 9.17) is 10.00 Å². The summed E-state index contributed by atoms with van der Waals surface area (Å²) in [4.78, 5) is 16.0. The number of thiazole rings is 1. The van der Waals surface area contributed by atoms with E-state index in [-0.39, 0.29) is 12.3 Å². The molecule has 0 spiro atoms. The molecule has 108 valence electrons. The van der Waals surface area contributed by atoms with Crippen LogP contribution in [0.25, 0.3) is 11.3 Å². The molecule has 1 aromatic carbocycles. The van der Waals surface area contributed by atoms with E-state index in [1.165, 1.54) is 18.4 Å². The number of nitrogens with zero attached hydrogens (tertiary/aromatic N) is 2. The van der Waals surface area contributed by atoms with Gasteiger partial charge in [0.25, 0.3) is 0 Å². The van der Waals surface area contributed by atoms with Crippen LogP contribution in [0.2, 0.25) is 0 Å². The van der Waals surface area contributed by atoms with Gasteiger partial charge in [-0.2, -0.15) is 5.26 Å². The van der Waals surface area contributed by atoms with Gasteiger partial charge in [0, 0.05) is 18.0 Å². The first-order chi connectivity index (χ1) is 10.2. The van der Waals surface area contributed by atoms with Gasteiger partial charge in [-0.1, -0.05) is 0 Å². The number of nitrogens with one attached hydrogen (secondary N) is 2. The Morgan fingerprint density at radius 3 is 2.95 bits per heavy atom. The summed E-state index contributed by atoms with van der Waals surface area (Å²) in [7, 11) is 3.33. The van der Waals surface area contributed by atoms with Gasteiger partial charge in [0.2, 0.25) is 5.91 Å². The Kier molecular flexibility index (Phi) is 4.74. The maximum absolute atomic E-state index is 11.6. The van der Waals surface area contributed by atoms with Crippen molar-refractivity contribution in [3.63, 3.8) is 0 Å². The second-order valence-corrected chi connectivity index (χ2v) is 4.94. The summed E-state index contributed by atoms with van der Waals surface area (Å²) >= 11 is 1.50. The average molecular weight is 302 g/mol. The highest BCUT2D eigenvalue weighted by molar-refractivity contribution is 7.14. The molecule has 1 aromatic heterocycles. The average Bonchev–Trinajstić information content (AvgIpc) is 2.96. The normalized spacial score (nSPS) is 9.76. The molecule has 0 unspecified atom stereocenters. The van der Waals surface area contributed by atoms with Gasteiger partial charge in [-0.05, 0) is 18.2 Å². The molecule has 0 aliphatic rings. The fraction of sp³-hybridized carbons (Fsp3) is 0.214. The molecule has 2 N–H and O–H groups in total. The Morgan fingerprint density at radius 2 is 2.33 bits per heavy atom. The van der Waals surface area contributed by atoms with Gasteiger partial charge in [0.15, 0.2) is 5.13 Å². The second-order valence-electron chi connectivity index (χ2n) is 4.09. The molecule has 0 saturated heterocycles. The molecule has 1 amide bonds. The number of hydrogen-bond acceptors (Lipinski definition) is 6. The predicted octanol–water partition coefficient (Wildman–Crippen LogP) is 2.71. The summed E-state index contributed by atoms with van der Waals surface area (Å²) in [6, 6.07) is 7.22. The standard InChI is InChI=1S/C14H14N4O2S/c1-16-14-18-11(8-21-14)9-3-4-12(20-2)10(7-9)17-13(19)5-6-15/h3-4,7-8H,5H2,1-2H3,(H,16,18)(H,17,19). The van der Waals surface area contributed by atoms with Crippen molar-refractivity contribution in [3.05, 3.63) is 23.6 Å². The third-order valence-corrected chi connectivity index (χ3v) is 3.59. The minimum absolute atomic E-state index is 0.200. The third-order valence-electron chi connectivity index (χ3n) is 2.73. The monoisotopic (exact) mass is 302 g/mol. The summed E-state index contributed by atoms with van der Waals surface area (Å²) in [5.41, 5.74) is 2.19. The lowest BCUT2D eigenvalue weighted by atomic mass is 10.1. The molecule has 7 heteroatoms. The van der Waals surface area contributed by atoms with Gasteiger partial charge < -0.3 is 15.4 Å². The molecule has 0 atom stereocenters. The van der Waals surface area contributed by atoms with E-state index in [9.17, 15) is 4.79 Å². The van der Waals surface area contributed by atoms with Crippen LogP contribution in [0.3, 0.4) is 0 Å². The van der Waals surface area contributed by atoms with E-state index in [1.54, 1.807) is 12.1 Å². The van der Waals surface area contributed by atoms with Crippen LogP contribution < -0.4 is 15.4 Å². The van der Waals surface area contributed by atoms with Crippen LogP contribution in [0.15, 0.2) is 23.6 Å². The first-order valence-electron chi connectivity index (χ1n) is 6.16. The largest absolute Gasteiger partial charge is 0.495 e. The quantitative estimate of drug-likeness (QED) is 0.886. The summed E-state index contributed by atoms with van der Waals surface area (Å²) in [5, 5.41) is 16.9. The van der Waals surface area contributed by atoms with Crippen LogP contribution in [0.5, 0.6) is 5.75 Å². The van der Waals surface area contributed by atoms with E-state index < -0.39 is 0 Å². The molecular weight excluding hydrogens is 288 g/mol. The smallest absolute Gasteiger partial charge is 0.238 e. The molecular formula is C14H14N4O2S. The highest BCUT2D eigenvalue weighted by Gasteiger charge is 2.11. The minimum atomic E-state index is -0.373. The lowest BCUT2D eigenvalue weighted by molar-refractivity contribution is -0.115. The van der Waals surface area contributed by atoms with Crippen LogP contribution in [0.1, 0.15) is 6.42 Å². The highest BCUT2D eigenvalue weighted by Crippen LogP contribution is 2.32. The maximum Gasteiger partial charge on any atom is 0.238 e. The molecule has 6 nitrogen and oxygen atoms in total. The number of rotatable bonds is 5. The van der Waals surface area contributed by atoms with E-state index in [0.717, 1.165) is 16.4 Å². The fourth-order valence-electron chi connectivity index (χ4n) is 1.75. The van der Waals surface area contributed by atoms with Gasteiger partial charge in [-0.3, -0.25) is 4.79 Å². The lowest BCUT2D eigenvalue weighted by Crippen LogP contribution is -2.11. The Labute approximate surface area is 126 Å². The number of aromatic nitrogens is 1. The van der Waals surface area contributed by atoms with Crippen LogP contribution in [0.4, 0.5) is 10.8 Å². The van der Waals surface area contributed by atoms with Crippen molar-refractivity contribution < 1.29 is 9.53 Å². The SMILES string of the molecule is CNc1nc(-c2ccc(OC)c(NC(=O)CC#N)c2)cs1. The molecule has 0 fully saturated rings. The van der Waals surface area contributed by atoms with Crippen molar-refractivity contribution >= 4 is 28.1 Å². The fourth-order valence-corrected chi connectivity index (χ4v) is 2.43. The summed E-state index contributed by atoms with van der Waals surface area (Å²) in [6.07, 6.45) is -0.200. The van der Waals surface area contributed by atoms with Gasteiger partial charge in [-0.25, -0.2) is 4.98 Å². The number of carbonyl (C=O) groups is 1. The number of nitriles is 1. The summed E-state index contributed by atoms with van der Waals surface area (Å²) in [5.74, 6) is 0.163. The molecule has 0 aliphatic carbocycles. The molecule has 2 aromatic rings. The predicted molar refractivity (Wildman–Crippen MR) is 82.5 cm³/mol. The van der Waals surface area contributed by atoms with Crippen molar-refractivity contribution in [2.75, 3.05) is 24.8 Å². The second kappa shape index (κ2) is 6.72. The zero-order valence-electron chi connectivity index (χ0n) is 11.6. The van der Waals surface area contributed by atoms with Gasteiger partial charge in [0.05, 0.1) is 24.6 Å². The third kappa shape index (κ3) is 3.49. The minimum Gasteiger partial charge on any atom is -0.495 e. The van der Waals surface area contributed by atoms with E-state index >= 15 is 0 Å². The lowest BCUT2D eigenvalue weighted by Gasteiger charge is -2.10. The highest BCUT2D eigenvalue weighted by atomic mass is 32.1. The molecule has 0 radical (unpaired) electrons. The van der Waals surface area contributed by atoms with E-state index in [2.05, 4.69) is 15.6 Å². The first-order valence-corrected chi connectivity index (χ1v) is 7.04. The topological polar surface area (TPSA) is 87.0 Å². The molecule has 0 saturated carbocycles. The number of anilines is 2. The number of amides is 1. The van der Waals surface area contributed by atoms with Crippen LogP contribution in [-0.2, 0) is 4.79 Å². The van der Waals surface area contributed by atoms with Crippen molar-refractivity contribution in [3.8, 4) is 23.1 Å². The molecule has 1 heterocycles. The van der Waals surface area contributed by atoms with Crippen molar-refractivity contribution in [1.82, 2.24) is 4.98 Å². The molecule has 2 rings (SSSR count). The molecule has 0 aliphatic heterocycles. The number of carbonyl (C=O) groups excluding carboxylic acids is 1. The van der Waals surface area contributed by atoms with Gasteiger partial charge in [-0.15, -0.1) is 11.3 Å².